The second kappa shape index (κ2) is 4.57. The highest BCUT2D eigenvalue weighted by Crippen LogP contribution is 2.19. The van der Waals surface area contributed by atoms with Gasteiger partial charge in [-0.1, -0.05) is 17.7 Å². The molecule has 0 bridgehead atoms. The predicted octanol–water partition coefficient (Wildman–Crippen LogP) is 1.54. The molecule has 1 aliphatic rings. The van der Waals surface area contributed by atoms with Crippen LogP contribution in [0.1, 0.15) is 22.3 Å². The summed E-state index contributed by atoms with van der Waals surface area (Å²) in [5, 5.41) is 8.89. The van der Waals surface area contributed by atoms with Gasteiger partial charge in [-0.05, 0) is 25.5 Å². The molecule has 4 heteroatoms. The molecule has 0 radical (unpaired) electrons. The Labute approximate surface area is 99.9 Å². The van der Waals surface area contributed by atoms with Crippen LogP contribution in [0.25, 0.3) is 0 Å². The van der Waals surface area contributed by atoms with E-state index in [1.165, 1.54) is 0 Å². The van der Waals surface area contributed by atoms with Gasteiger partial charge in [0.1, 0.15) is 0 Å². The zero-order valence-electron chi connectivity index (χ0n) is 9.72. The molecule has 2 rings (SSSR count). The quantitative estimate of drug-likeness (QED) is 0.843. The lowest BCUT2D eigenvalue weighted by atomic mass is 10.1. The van der Waals surface area contributed by atoms with Gasteiger partial charge in [0.05, 0.1) is 5.92 Å². The SMILES string of the molecule is Cc1cccc(C(=O)N2CCC(C(=O)O)C2)c1. The highest BCUT2D eigenvalue weighted by atomic mass is 16.4. The first-order chi connectivity index (χ1) is 8.08. The van der Waals surface area contributed by atoms with Crippen LogP contribution < -0.4 is 0 Å². The van der Waals surface area contributed by atoms with Gasteiger partial charge in [0, 0.05) is 18.7 Å². The van der Waals surface area contributed by atoms with Crippen molar-refractivity contribution in [1.29, 1.82) is 0 Å². The summed E-state index contributed by atoms with van der Waals surface area (Å²) in [7, 11) is 0. The van der Waals surface area contributed by atoms with Gasteiger partial charge in [0.25, 0.3) is 5.91 Å². The first-order valence-corrected chi connectivity index (χ1v) is 5.66. The number of carboxylic acids is 1. The van der Waals surface area contributed by atoms with Gasteiger partial charge in [0.2, 0.25) is 0 Å². The van der Waals surface area contributed by atoms with E-state index in [1.807, 2.05) is 25.1 Å². The minimum absolute atomic E-state index is 0.0718. The molecule has 1 saturated heterocycles. The van der Waals surface area contributed by atoms with Crippen LogP contribution in [0.15, 0.2) is 24.3 Å². The van der Waals surface area contributed by atoms with Crippen molar-refractivity contribution >= 4 is 11.9 Å². The third-order valence-electron chi connectivity index (χ3n) is 3.09. The average Bonchev–Trinajstić information content (AvgIpc) is 2.77. The minimum Gasteiger partial charge on any atom is -0.481 e. The fourth-order valence-electron chi connectivity index (χ4n) is 2.11. The molecule has 1 atom stereocenters. The van der Waals surface area contributed by atoms with Crippen molar-refractivity contribution in [2.45, 2.75) is 13.3 Å². The molecule has 1 amide bonds. The van der Waals surface area contributed by atoms with Crippen molar-refractivity contribution in [3.05, 3.63) is 35.4 Å². The number of carbonyl (C=O) groups is 2. The summed E-state index contributed by atoms with van der Waals surface area (Å²) < 4.78 is 0. The maximum absolute atomic E-state index is 12.1. The zero-order valence-corrected chi connectivity index (χ0v) is 9.72. The Morgan fingerprint density at radius 1 is 1.41 bits per heavy atom. The number of rotatable bonds is 2. The van der Waals surface area contributed by atoms with Crippen LogP contribution in [-0.4, -0.2) is 35.0 Å². The van der Waals surface area contributed by atoms with Crippen LogP contribution in [0.3, 0.4) is 0 Å². The molecule has 1 heterocycles. The smallest absolute Gasteiger partial charge is 0.308 e. The second-order valence-corrected chi connectivity index (χ2v) is 4.44. The van der Waals surface area contributed by atoms with Gasteiger partial charge in [-0.3, -0.25) is 9.59 Å². The first kappa shape index (κ1) is 11.6. The molecule has 17 heavy (non-hydrogen) atoms. The maximum Gasteiger partial charge on any atom is 0.308 e. The standard InChI is InChI=1S/C13H15NO3/c1-9-3-2-4-10(7-9)12(15)14-6-5-11(8-14)13(16)17/h2-4,7,11H,5-6,8H2,1H3,(H,16,17). The summed E-state index contributed by atoms with van der Waals surface area (Å²) in [6, 6.07) is 7.37. The minimum atomic E-state index is -0.815. The third kappa shape index (κ3) is 2.46. The molecular weight excluding hydrogens is 218 g/mol. The van der Waals surface area contributed by atoms with E-state index in [1.54, 1.807) is 11.0 Å². The van der Waals surface area contributed by atoms with E-state index in [4.69, 9.17) is 5.11 Å². The second-order valence-electron chi connectivity index (χ2n) is 4.44. The molecule has 1 aromatic rings. The van der Waals surface area contributed by atoms with Crippen LogP contribution in [0.5, 0.6) is 0 Å². The normalized spacial score (nSPS) is 19.4. The molecule has 0 aromatic heterocycles. The molecule has 0 aliphatic carbocycles. The largest absolute Gasteiger partial charge is 0.481 e. The van der Waals surface area contributed by atoms with Crippen molar-refractivity contribution < 1.29 is 14.7 Å². The number of aryl methyl sites for hydroxylation is 1. The molecule has 1 aromatic carbocycles. The van der Waals surface area contributed by atoms with Crippen LogP contribution >= 0.6 is 0 Å². The van der Waals surface area contributed by atoms with Crippen molar-refractivity contribution in [3.63, 3.8) is 0 Å². The first-order valence-electron chi connectivity index (χ1n) is 5.66. The Hall–Kier alpha value is -1.84. The van der Waals surface area contributed by atoms with Gasteiger partial charge >= 0.3 is 5.97 Å². The van der Waals surface area contributed by atoms with Gasteiger partial charge in [-0.25, -0.2) is 0 Å². The number of likely N-dealkylation sites (tertiary alicyclic amines) is 1. The number of aliphatic carboxylic acids is 1. The Bertz CT molecular complexity index is 456. The molecule has 1 aliphatic heterocycles. The molecule has 4 nitrogen and oxygen atoms in total. The fourth-order valence-corrected chi connectivity index (χ4v) is 2.11. The average molecular weight is 233 g/mol. The highest BCUT2D eigenvalue weighted by Gasteiger charge is 2.31. The van der Waals surface area contributed by atoms with Crippen molar-refractivity contribution in [2.75, 3.05) is 13.1 Å². The predicted molar refractivity (Wildman–Crippen MR) is 62.8 cm³/mol. The summed E-state index contributed by atoms with van der Waals surface area (Å²) in [5.74, 6) is -1.30. The lowest BCUT2D eigenvalue weighted by molar-refractivity contribution is -0.141. The van der Waals surface area contributed by atoms with Crippen molar-refractivity contribution in [3.8, 4) is 0 Å². The van der Waals surface area contributed by atoms with Crippen LogP contribution in [0.2, 0.25) is 0 Å². The molecule has 0 saturated carbocycles. The molecule has 1 N–H and O–H groups in total. The molecule has 90 valence electrons. The van der Waals surface area contributed by atoms with Gasteiger partial charge in [-0.15, -0.1) is 0 Å². The van der Waals surface area contributed by atoms with E-state index in [2.05, 4.69) is 0 Å². The topological polar surface area (TPSA) is 57.6 Å². The number of carboxylic acid groups (broad SMARTS) is 1. The monoisotopic (exact) mass is 233 g/mol. The molecular formula is C13H15NO3. The number of benzene rings is 1. The molecule has 1 unspecified atom stereocenters. The van der Waals surface area contributed by atoms with Crippen molar-refractivity contribution in [2.24, 2.45) is 5.92 Å². The van der Waals surface area contributed by atoms with Gasteiger partial charge in [-0.2, -0.15) is 0 Å². The van der Waals surface area contributed by atoms with Gasteiger partial charge in [0.15, 0.2) is 0 Å². The van der Waals surface area contributed by atoms with E-state index in [9.17, 15) is 9.59 Å². The Balaban J connectivity index is 2.09. The van der Waals surface area contributed by atoms with Crippen LogP contribution in [0.4, 0.5) is 0 Å². The van der Waals surface area contributed by atoms with E-state index in [0.717, 1.165) is 5.56 Å². The third-order valence-corrected chi connectivity index (χ3v) is 3.09. The molecule has 0 spiro atoms. The van der Waals surface area contributed by atoms with E-state index in [0.29, 0.717) is 25.1 Å². The van der Waals surface area contributed by atoms with Gasteiger partial charge < -0.3 is 10.0 Å². The highest BCUT2D eigenvalue weighted by molar-refractivity contribution is 5.95. The van der Waals surface area contributed by atoms with E-state index >= 15 is 0 Å². The summed E-state index contributed by atoms with van der Waals surface area (Å²) in [6.07, 6.45) is 0.549. The number of nitrogens with zero attached hydrogens (tertiary/aromatic N) is 1. The Kier molecular flexibility index (Phi) is 3.13. The summed E-state index contributed by atoms with van der Waals surface area (Å²) in [4.78, 5) is 24.5. The lowest BCUT2D eigenvalue weighted by Crippen LogP contribution is -2.29. The van der Waals surface area contributed by atoms with Crippen molar-refractivity contribution in [1.82, 2.24) is 4.90 Å². The summed E-state index contributed by atoms with van der Waals surface area (Å²) in [6.45, 7) is 2.78. The number of carbonyl (C=O) groups excluding carboxylic acids is 1. The number of hydrogen-bond acceptors (Lipinski definition) is 2. The van der Waals surface area contributed by atoms with Crippen LogP contribution in [0, 0.1) is 12.8 Å². The Morgan fingerprint density at radius 3 is 2.76 bits per heavy atom. The van der Waals surface area contributed by atoms with E-state index in [-0.39, 0.29) is 5.91 Å². The lowest BCUT2D eigenvalue weighted by Gasteiger charge is -2.15. The molecule has 1 fully saturated rings. The summed E-state index contributed by atoms with van der Waals surface area (Å²) in [5.41, 5.74) is 1.67. The number of amides is 1. The van der Waals surface area contributed by atoms with E-state index < -0.39 is 11.9 Å². The Morgan fingerprint density at radius 2 is 2.18 bits per heavy atom. The zero-order chi connectivity index (χ0) is 12.4. The number of hydrogen-bond donors (Lipinski definition) is 1. The summed E-state index contributed by atoms with van der Waals surface area (Å²) >= 11 is 0. The maximum atomic E-state index is 12.1. The fraction of sp³-hybridized carbons (Fsp3) is 0.385. The van der Waals surface area contributed by atoms with Crippen LogP contribution in [-0.2, 0) is 4.79 Å².